The molecule has 3 nitrogen and oxygen atoms in total. The molecule has 230 valence electrons. The van der Waals surface area contributed by atoms with Gasteiger partial charge in [0.2, 0.25) is 0 Å². The standard InChI is InChI=1S/C35H38Cl2F2O3S/c1-19-13-28(35(4,5)24-9-12-29(36)32(16-24)42-6)21(3)26(22-7-10-25(38)11-8-22)17-33(20(19)2)43-18-27-30(37)14-23(34(40)41)15-31(27)39/h7-16,19-21,26,33H,17-18H2,1-6H3,(H,40,41). The Bertz CT molecular complexity index is 1480. The number of methoxy groups -OCH3 is 1. The van der Waals surface area contributed by atoms with Crippen LogP contribution in [-0.2, 0) is 11.2 Å². The molecule has 1 N–H and O–H groups in total. The maximum Gasteiger partial charge on any atom is 0.335 e. The molecule has 0 radical (unpaired) electrons. The lowest BCUT2D eigenvalue weighted by atomic mass is 9.64. The van der Waals surface area contributed by atoms with Crippen LogP contribution in [0.25, 0.3) is 0 Å². The van der Waals surface area contributed by atoms with Crippen LogP contribution in [0.4, 0.5) is 8.78 Å². The average Bonchev–Trinajstić information content (AvgIpc) is 2.96. The summed E-state index contributed by atoms with van der Waals surface area (Å²) in [5.74, 6) is -0.619. The summed E-state index contributed by atoms with van der Waals surface area (Å²) in [6, 6.07) is 15.0. The number of hydrogen-bond donors (Lipinski definition) is 1. The van der Waals surface area contributed by atoms with Gasteiger partial charge in [-0.1, -0.05) is 87.7 Å². The molecule has 0 aliphatic heterocycles. The summed E-state index contributed by atoms with van der Waals surface area (Å²) >= 11 is 14.4. The summed E-state index contributed by atoms with van der Waals surface area (Å²) in [7, 11) is 1.61. The smallest absolute Gasteiger partial charge is 0.335 e. The van der Waals surface area contributed by atoms with Crippen molar-refractivity contribution in [2.24, 2.45) is 17.8 Å². The minimum atomic E-state index is -1.22. The molecular weight excluding hydrogens is 609 g/mol. The van der Waals surface area contributed by atoms with Gasteiger partial charge in [-0.25, -0.2) is 13.6 Å². The van der Waals surface area contributed by atoms with Crippen LogP contribution >= 0.6 is 35.0 Å². The third-order valence-electron chi connectivity index (χ3n) is 9.16. The van der Waals surface area contributed by atoms with E-state index in [0.717, 1.165) is 23.6 Å². The van der Waals surface area contributed by atoms with Gasteiger partial charge in [0.25, 0.3) is 0 Å². The summed E-state index contributed by atoms with van der Waals surface area (Å²) < 4.78 is 34.5. The molecule has 0 amide bonds. The molecule has 1 aliphatic rings. The van der Waals surface area contributed by atoms with E-state index >= 15 is 0 Å². The van der Waals surface area contributed by atoms with Gasteiger partial charge in [0.15, 0.2) is 0 Å². The molecule has 0 aromatic heterocycles. The number of aromatic carboxylic acids is 1. The van der Waals surface area contributed by atoms with Gasteiger partial charge in [0.1, 0.15) is 17.4 Å². The number of rotatable bonds is 8. The molecule has 0 fully saturated rings. The van der Waals surface area contributed by atoms with E-state index in [1.807, 2.05) is 30.3 Å². The lowest BCUT2D eigenvalue weighted by Crippen LogP contribution is -2.34. The van der Waals surface area contributed by atoms with Crippen LogP contribution < -0.4 is 4.74 Å². The number of halogens is 4. The lowest BCUT2D eigenvalue weighted by Gasteiger charge is -2.42. The Morgan fingerprint density at radius 2 is 1.70 bits per heavy atom. The van der Waals surface area contributed by atoms with Gasteiger partial charge in [-0.05, 0) is 77.6 Å². The van der Waals surface area contributed by atoms with E-state index in [-0.39, 0.29) is 50.7 Å². The van der Waals surface area contributed by atoms with Crippen molar-refractivity contribution in [3.8, 4) is 5.75 Å². The predicted octanol–water partition coefficient (Wildman–Crippen LogP) is 10.6. The molecule has 0 bridgehead atoms. The summed E-state index contributed by atoms with van der Waals surface area (Å²) in [5.41, 5.74) is 3.20. The lowest BCUT2D eigenvalue weighted by molar-refractivity contribution is 0.0696. The fourth-order valence-corrected chi connectivity index (χ4v) is 8.33. The molecule has 0 spiro atoms. The summed E-state index contributed by atoms with van der Waals surface area (Å²) in [5, 5.41) is 10.1. The van der Waals surface area contributed by atoms with Gasteiger partial charge in [0, 0.05) is 27.0 Å². The van der Waals surface area contributed by atoms with Crippen LogP contribution in [0.2, 0.25) is 10.0 Å². The molecule has 5 unspecified atom stereocenters. The second kappa shape index (κ2) is 13.6. The van der Waals surface area contributed by atoms with Crippen LogP contribution in [0.15, 0.2) is 66.2 Å². The molecule has 3 aromatic carbocycles. The SMILES string of the molecule is COc1cc(C(C)(C)C2=CC(C)C(C)C(SCc3c(F)cc(C(=O)O)cc3Cl)CC(c3ccc(F)cc3)C2C)ccc1Cl. The summed E-state index contributed by atoms with van der Waals surface area (Å²) in [6.45, 7) is 11.1. The van der Waals surface area contributed by atoms with Crippen molar-refractivity contribution in [3.05, 3.63) is 110 Å². The van der Waals surface area contributed by atoms with E-state index in [2.05, 4.69) is 40.7 Å². The van der Waals surface area contributed by atoms with Crippen molar-refractivity contribution in [2.75, 3.05) is 7.11 Å². The Kier molecular flexibility index (Phi) is 10.6. The van der Waals surface area contributed by atoms with Gasteiger partial charge in [-0.3, -0.25) is 0 Å². The van der Waals surface area contributed by atoms with Gasteiger partial charge in [0.05, 0.1) is 17.7 Å². The molecule has 0 heterocycles. The maximum absolute atomic E-state index is 15.0. The molecule has 0 saturated carbocycles. The van der Waals surface area contributed by atoms with Crippen molar-refractivity contribution < 1.29 is 23.4 Å². The van der Waals surface area contributed by atoms with Crippen molar-refractivity contribution in [1.29, 1.82) is 0 Å². The number of carboxylic acid groups (broad SMARTS) is 1. The van der Waals surface area contributed by atoms with E-state index in [9.17, 15) is 18.7 Å². The summed E-state index contributed by atoms with van der Waals surface area (Å²) in [4.78, 5) is 11.4. The van der Waals surface area contributed by atoms with Gasteiger partial charge in [-0.15, -0.1) is 0 Å². The highest BCUT2D eigenvalue weighted by Crippen LogP contribution is 2.49. The van der Waals surface area contributed by atoms with Crippen LogP contribution in [0.3, 0.4) is 0 Å². The minimum Gasteiger partial charge on any atom is -0.495 e. The second-order valence-corrected chi connectivity index (χ2v) is 14.1. The third-order valence-corrected chi connectivity index (χ3v) is 11.3. The maximum atomic E-state index is 15.0. The van der Waals surface area contributed by atoms with Crippen LogP contribution in [0.5, 0.6) is 5.75 Å². The van der Waals surface area contributed by atoms with Crippen LogP contribution in [0, 0.1) is 29.4 Å². The fourth-order valence-electron chi connectivity index (χ4n) is 6.21. The number of carboxylic acids is 1. The zero-order valence-corrected chi connectivity index (χ0v) is 27.6. The first-order chi connectivity index (χ1) is 20.2. The van der Waals surface area contributed by atoms with Crippen molar-refractivity contribution in [3.63, 3.8) is 0 Å². The Morgan fingerprint density at radius 1 is 1.02 bits per heavy atom. The van der Waals surface area contributed by atoms with Gasteiger partial charge >= 0.3 is 5.97 Å². The number of carbonyl (C=O) groups is 1. The summed E-state index contributed by atoms with van der Waals surface area (Å²) in [6.07, 6.45) is 3.17. The van der Waals surface area contributed by atoms with Gasteiger partial charge < -0.3 is 9.84 Å². The molecule has 4 rings (SSSR count). The van der Waals surface area contributed by atoms with E-state index in [0.29, 0.717) is 22.1 Å². The molecular formula is C35H38Cl2F2O3S. The highest BCUT2D eigenvalue weighted by atomic mass is 35.5. The highest BCUT2D eigenvalue weighted by Gasteiger charge is 2.39. The molecule has 8 heteroatoms. The van der Waals surface area contributed by atoms with Crippen molar-refractivity contribution in [2.45, 2.75) is 63.4 Å². The second-order valence-electron chi connectivity index (χ2n) is 12.1. The average molecular weight is 648 g/mol. The Labute approximate surface area is 267 Å². The Balaban J connectivity index is 1.75. The predicted molar refractivity (Wildman–Crippen MR) is 174 cm³/mol. The van der Waals surface area contributed by atoms with E-state index in [4.69, 9.17) is 27.9 Å². The number of benzene rings is 3. The zero-order chi connectivity index (χ0) is 31.6. The first kappa shape index (κ1) is 33.4. The minimum absolute atomic E-state index is 0.0578. The van der Waals surface area contributed by atoms with E-state index < -0.39 is 11.8 Å². The van der Waals surface area contributed by atoms with E-state index in [1.54, 1.807) is 18.9 Å². The van der Waals surface area contributed by atoms with Crippen LogP contribution in [-0.4, -0.2) is 23.4 Å². The van der Waals surface area contributed by atoms with Gasteiger partial charge in [-0.2, -0.15) is 11.8 Å². The number of allylic oxidation sites excluding steroid dienone is 2. The Morgan fingerprint density at radius 3 is 2.30 bits per heavy atom. The molecule has 43 heavy (non-hydrogen) atoms. The third kappa shape index (κ3) is 7.24. The molecule has 3 aromatic rings. The Hall–Kier alpha value is -2.54. The molecule has 1 aliphatic carbocycles. The first-order valence-corrected chi connectivity index (χ1v) is 16.2. The van der Waals surface area contributed by atoms with Crippen LogP contribution in [0.1, 0.15) is 74.0 Å². The monoisotopic (exact) mass is 646 g/mol. The number of thioether (sulfide) groups is 1. The highest BCUT2D eigenvalue weighted by molar-refractivity contribution is 7.99. The molecule has 5 atom stereocenters. The number of ether oxygens (including phenoxy) is 1. The van der Waals surface area contributed by atoms with E-state index in [1.165, 1.54) is 23.8 Å². The largest absolute Gasteiger partial charge is 0.495 e. The zero-order valence-electron chi connectivity index (χ0n) is 25.3. The van der Waals surface area contributed by atoms with Crippen molar-refractivity contribution in [1.82, 2.24) is 0 Å². The molecule has 0 saturated heterocycles. The topological polar surface area (TPSA) is 46.5 Å². The number of hydrogen-bond acceptors (Lipinski definition) is 3. The quantitative estimate of drug-likeness (QED) is 0.247. The first-order valence-electron chi connectivity index (χ1n) is 14.4. The normalized spacial score (nSPS) is 22.8. The van der Waals surface area contributed by atoms with Crippen molar-refractivity contribution >= 4 is 40.9 Å². The fraction of sp³-hybridized carbons (Fsp3) is 0.400.